The highest BCUT2D eigenvalue weighted by Crippen LogP contribution is 2.34. The van der Waals surface area contributed by atoms with Gasteiger partial charge in [-0.1, -0.05) is 6.92 Å². The number of amides is 1. The number of aliphatic carboxylic acids is 1. The van der Waals surface area contributed by atoms with E-state index in [0.717, 1.165) is 0 Å². The van der Waals surface area contributed by atoms with Crippen LogP contribution in [0.2, 0.25) is 0 Å². The Balaban J connectivity index is 2.15. The second-order valence-electron chi connectivity index (χ2n) is 5.10. The molecule has 2 rings (SSSR count). The molecule has 1 N–H and O–H groups in total. The number of hydrogen-bond acceptors (Lipinski definition) is 3. The Morgan fingerprint density at radius 3 is 2.50 bits per heavy atom. The number of benzene rings is 1. The molecule has 0 radical (unpaired) electrons. The molecule has 0 aliphatic carbocycles. The van der Waals surface area contributed by atoms with E-state index in [-0.39, 0.29) is 12.5 Å². The number of hydrogen-bond donors (Lipinski definition) is 1. The van der Waals surface area contributed by atoms with Gasteiger partial charge in [-0.05, 0) is 37.1 Å². The van der Waals surface area contributed by atoms with Gasteiger partial charge in [0, 0.05) is 18.7 Å². The lowest BCUT2D eigenvalue weighted by molar-refractivity contribution is -0.148. The first-order valence-corrected chi connectivity index (χ1v) is 6.55. The molecule has 0 aromatic heterocycles. The Kier molecular flexibility index (Phi) is 3.75. The highest BCUT2D eigenvalue weighted by atomic mass is 16.4. The van der Waals surface area contributed by atoms with Gasteiger partial charge in [0.2, 0.25) is 0 Å². The summed E-state index contributed by atoms with van der Waals surface area (Å²) in [4.78, 5) is 25.3. The summed E-state index contributed by atoms with van der Waals surface area (Å²) in [6.07, 6.45) is 1.00. The van der Waals surface area contributed by atoms with Gasteiger partial charge in [-0.2, -0.15) is 5.26 Å². The van der Waals surface area contributed by atoms with Crippen molar-refractivity contribution in [2.75, 3.05) is 13.1 Å². The molecule has 0 saturated carbocycles. The third kappa shape index (κ3) is 2.37. The van der Waals surface area contributed by atoms with E-state index in [1.54, 1.807) is 29.2 Å². The van der Waals surface area contributed by atoms with Gasteiger partial charge in [0.05, 0.1) is 17.0 Å². The molecule has 5 heteroatoms. The van der Waals surface area contributed by atoms with Gasteiger partial charge in [-0.15, -0.1) is 0 Å². The van der Waals surface area contributed by atoms with E-state index in [1.165, 1.54) is 0 Å². The maximum Gasteiger partial charge on any atom is 0.311 e. The van der Waals surface area contributed by atoms with Gasteiger partial charge in [0.25, 0.3) is 5.91 Å². The summed E-state index contributed by atoms with van der Waals surface area (Å²) < 4.78 is 0. The predicted molar refractivity (Wildman–Crippen MR) is 72.0 cm³/mol. The third-order valence-electron chi connectivity index (χ3n) is 4.03. The summed E-state index contributed by atoms with van der Waals surface area (Å²) in [5.74, 6) is -1.01. The highest BCUT2D eigenvalue weighted by Gasteiger charge is 2.44. The van der Waals surface area contributed by atoms with Crippen molar-refractivity contribution in [1.82, 2.24) is 4.90 Å². The zero-order valence-electron chi connectivity index (χ0n) is 11.3. The summed E-state index contributed by atoms with van der Waals surface area (Å²) in [5, 5.41) is 18.1. The highest BCUT2D eigenvalue weighted by molar-refractivity contribution is 5.95. The molecule has 1 unspecified atom stereocenters. The van der Waals surface area contributed by atoms with Crippen molar-refractivity contribution in [2.45, 2.75) is 19.8 Å². The first-order chi connectivity index (χ1) is 9.52. The number of carboxylic acid groups (broad SMARTS) is 1. The smallest absolute Gasteiger partial charge is 0.311 e. The number of nitriles is 1. The van der Waals surface area contributed by atoms with E-state index >= 15 is 0 Å². The Morgan fingerprint density at radius 1 is 1.40 bits per heavy atom. The van der Waals surface area contributed by atoms with Gasteiger partial charge in [0.1, 0.15) is 0 Å². The molecular formula is C15H16N2O3. The van der Waals surface area contributed by atoms with Crippen LogP contribution in [0.1, 0.15) is 35.7 Å². The molecule has 1 fully saturated rings. The molecule has 0 spiro atoms. The van der Waals surface area contributed by atoms with Crippen LogP contribution in [0.25, 0.3) is 0 Å². The molecule has 1 aromatic carbocycles. The lowest BCUT2D eigenvalue weighted by Crippen LogP contribution is -2.36. The number of rotatable bonds is 3. The molecule has 0 bridgehead atoms. The minimum absolute atomic E-state index is 0.175. The molecule has 1 aliphatic heterocycles. The number of carbonyl (C=O) groups excluding carboxylic acids is 1. The van der Waals surface area contributed by atoms with Gasteiger partial charge in [-0.3, -0.25) is 9.59 Å². The van der Waals surface area contributed by atoms with Gasteiger partial charge in [0.15, 0.2) is 0 Å². The maximum atomic E-state index is 12.3. The van der Waals surface area contributed by atoms with Crippen LogP contribution >= 0.6 is 0 Å². The summed E-state index contributed by atoms with van der Waals surface area (Å²) in [6.45, 7) is 2.54. The quantitative estimate of drug-likeness (QED) is 0.911. The van der Waals surface area contributed by atoms with E-state index in [9.17, 15) is 14.7 Å². The summed E-state index contributed by atoms with van der Waals surface area (Å²) >= 11 is 0. The minimum atomic E-state index is -0.838. The van der Waals surface area contributed by atoms with Crippen molar-refractivity contribution in [2.24, 2.45) is 5.41 Å². The van der Waals surface area contributed by atoms with Gasteiger partial charge < -0.3 is 10.0 Å². The summed E-state index contributed by atoms with van der Waals surface area (Å²) in [6, 6.07) is 8.39. The van der Waals surface area contributed by atoms with Crippen molar-refractivity contribution in [1.29, 1.82) is 5.26 Å². The molecule has 20 heavy (non-hydrogen) atoms. The second kappa shape index (κ2) is 5.33. The largest absolute Gasteiger partial charge is 0.481 e. The van der Waals surface area contributed by atoms with E-state index in [1.807, 2.05) is 13.0 Å². The Hall–Kier alpha value is -2.35. The SMILES string of the molecule is CCC1(C(=O)O)CCN(C(=O)c2ccc(C#N)cc2)C1. The minimum Gasteiger partial charge on any atom is -0.481 e. The molecule has 5 nitrogen and oxygen atoms in total. The number of likely N-dealkylation sites (tertiary alicyclic amines) is 1. The topological polar surface area (TPSA) is 81.4 Å². The number of carbonyl (C=O) groups is 2. The molecule has 1 amide bonds. The Labute approximate surface area is 117 Å². The zero-order valence-corrected chi connectivity index (χ0v) is 11.3. The molecule has 1 saturated heterocycles. The van der Waals surface area contributed by atoms with Gasteiger partial charge in [-0.25, -0.2) is 0 Å². The molecule has 1 atom stereocenters. The van der Waals surface area contributed by atoms with E-state index in [4.69, 9.17) is 5.26 Å². The van der Waals surface area contributed by atoms with Crippen LogP contribution in [-0.2, 0) is 4.79 Å². The lowest BCUT2D eigenvalue weighted by Gasteiger charge is -2.23. The Morgan fingerprint density at radius 2 is 2.05 bits per heavy atom. The van der Waals surface area contributed by atoms with Crippen LogP contribution < -0.4 is 0 Å². The molecule has 104 valence electrons. The monoisotopic (exact) mass is 272 g/mol. The van der Waals surface area contributed by atoms with Crippen LogP contribution in [0.3, 0.4) is 0 Å². The van der Waals surface area contributed by atoms with Crippen LogP contribution in [0.4, 0.5) is 0 Å². The lowest BCUT2D eigenvalue weighted by atomic mass is 9.84. The van der Waals surface area contributed by atoms with E-state index < -0.39 is 11.4 Å². The van der Waals surface area contributed by atoms with Crippen LogP contribution in [0, 0.1) is 16.7 Å². The normalized spacial score (nSPS) is 21.5. The fourth-order valence-corrected chi connectivity index (χ4v) is 2.53. The van der Waals surface area contributed by atoms with Crippen molar-refractivity contribution in [3.05, 3.63) is 35.4 Å². The fourth-order valence-electron chi connectivity index (χ4n) is 2.53. The maximum absolute atomic E-state index is 12.3. The number of carboxylic acids is 1. The predicted octanol–water partition coefficient (Wildman–Crippen LogP) is 1.89. The fraction of sp³-hybridized carbons (Fsp3) is 0.400. The van der Waals surface area contributed by atoms with E-state index in [2.05, 4.69) is 0 Å². The second-order valence-corrected chi connectivity index (χ2v) is 5.10. The summed E-state index contributed by atoms with van der Waals surface area (Å²) in [5.41, 5.74) is 0.167. The van der Waals surface area contributed by atoms with Crippen LogP contribution in [0.15, 0.2) is 24.3 Å². The van der Waals surface area contributed by atoms with Gasteiger partial charge >= 0.3 is 5.97 Å². The van der Waals surface area contributed by atoms with Crippen molar-refractivity contribution in [3.8, 4) is 6.07 Å². The Bertz CT molecular complexity index is 574. The van der Waals surface area contributed by atoms with Crippen LogP contribution in [-0.4, -0.2) is 35.0 Å². The average Bonchev–Trinajstić information content (AvgIpc) is 2.92. The standard InChI is InChI=1S/C15H16N2O3/c1-2-15(14(19)20)7-8-17(10-15)13(18)12-5-3-11(9-16)4-6-12/h3-6H,2,7-8,10H2,1H3,(H,19,20). The molecular weight excluding hydrogens is 256 g/mol. The third-order valence-corrected chi connectivity index (χ3v) is 4.03. The zero-order chi connectivity index (χ0) is 14.8. The van der Waals surface area contributed by atoms with Crippen LogP contribution in [0.5, 0.6) is 0 Å². The molecule has 1 heterocycles. The van der Waals surface area contributed by atoms with Crippen molar-refractivity contribution in [3.63, 3.8) is 0 Å². The van der Waals surface area contributed by atoms with Crippen molar-refractivity contribution < 1.29 is 14.7 Å². The number of nitrogens with zero attached hydrogens (tertiary/aromatic N) is 2. The van der Waals surface area contributed by atoms with E-state index in [0.29, 0.717) is 30.5 Å². The van der Waals surface area contributed by atoms with Crippen molar-refractivity contribution >= 4 is 11.9 Å². The summed E-state index contributed by atoms with van der Waals surface area (Å²) in [7, 11) is 0. The molecule has 1 aromatic rings. The first-order valence-electron chi connectivity index (χ1n) is 6.55. The average molecular weight is 272 g/mol. The first kappa shape index (κ1) is 14.1. The molecule has 1 aliphatic rings.